The maximum Gasteiger partial charge on any atom is 0.227 e. The van der Waals surface area contributed by atoms with Gasteiger partial charge >= 0.3 is 0 Å². The molecule has 1 saturated heterocycles. The third kappa shape index (κ3) is 3.66. The van der Waals surface area contributed by atoms with Gasteiger partial charge in [0.15, 0.2) is 0 Å². The topological polar surface area (TPSA) is 117 Å². The fourth-order valence-corrected chi connectivity index (χ4v) is 3.03. The van der Waals surface area contributed by atoms with E-state index in [1.807, 2.05) is 0 Å². The Kier molecular flexibility index (Phi) is 4.68. The lowest BCUT2D eigenvalue weighted by atomic mass is 10.1. The number of aromatic nitrogens is 4. The van der Waals surface area contributed by atoms with E-state index < -0.39 is 6.17 Å². The van der Waals surface area contributed by atoms with Crippen molar-refractivity contribution in [1.82, 2.24) is 19.9 Å². The Morgan fingerprint density at radius 1 is 1.21 bits per heavy atom. The van der Waals surface area contributed by atoms with Gasteiger partial charge in [-0.15, -0.1) is 0 Å². The molecule has 3 N–H and O–H groups in total. The molecule has 1 aliphatic heterocycles. The van der Waals surface area contributed by atoms with Gasteiger partial charge in [0.2, 0.25) is 5.95 Å². The highest BCUT2D eigenvalue weighted by molar-refractivity contribution is 5.67. The van der Waals surface area contributed by atoms with Gasteiger partial charge in [-0.05, 0) is 30.7 Å². The lowest BCUT2D eigenvalue weighted by molar-refractivity contribution is 0.364. The number of nitriles is 1. The number of nitrogens with one attached hydrogen (secondary N) is 1. The van der Waals surface area contributed by atoms with Gasteiger partial charge in [0, 0.05) is 24.5 Å². The quantitative estimate of drug-likeness (QED) is 0.714. The summed E-state index contributed by atoms with van der Waals surface area (Å²) in [6.07, 6.45) is 4.41. The molecule has 1 fully saturated rings. The van der Waals surface area contributed by atoms with E-state index in [0.717, 1.165) is 0 Å². The average molecular weight is 376 g/mol. The molecule has 28 heavy (non-hydrogen) atoms. The molecule has 3 aromatic rings. The van der Waals surface area contributed by atoms with Gasteiger partial charge in [0.05, 0.1) is 29.7 Å². The number of hydrogen-bond acceptors (Lipinski definition) is 8. The second kappa shape index (κ2) is 7.44. The first-order chi connectivity index (χ1) is 13.6. The van der Waals surface area contributed by atoms with Crippen molar-refractivity contribution >= 4 is 23.3 Å². The van der Waals surface area contributed by atoms with E-state index in [-0.39, 0.29) is 6.54 Å². The summed E-state index contributed by atoms with van der Waals surface area (Å²) in [5.74, 6) is 1.31. The molecule has 1 aliphatic rings. The van der Waals surface area contributed by atoms with Crippen LogP contribution in [0.15, 0.2) is 42.9 Å². The largest absolute Gasteiger partial charge is 0.384 e. The van der Waals surface area contributed by atoms with E-state index in [1.54, 1.807) is 47.8 Å². The minimum atomic E-state index is -0.883. The van der Waals surface area contributed by atoms with Crippen LogP contribution in [-0.2, 0) is 0 Å². The third-order valence-corrected chi connectivity index (χ3v) is 4.41. The molecule has 0 radical (unpaired) electrons. The summed E-state index contributed by atoms with van der Waals surface area (Å²) in [5.41, 5.74) is 7.97. The van der Waals surface area contributed by atoms with Crippen LogP contribution in [0.25, 0.3) is 11.3 Å². The molecule has 1 atom stereocenters. The van der Waals surface area contributed by atoms with Gasteiger partial charge in [-0.1, -0.05) is 0 Å². The predicted molar refractivity (Wildman–Crippen MR) is 104 cm³/mol. The van der Waals surface area contributed by atoms with Crippen LogP contribution in [-0.4, -0.2) is 39.2 Å². The number of rotatable bonds is 4. The van der Waals surface area contributed by atoms with Gasteiger partial charge in [0.25, 0.3) is 0 Å². The Balaban J connectivity index is 1.60. The lowest BCUT2D eigenvalue weighted by Crippen LogP contribution is -2.22. The Morgan fingerprint density at radius 2 is 2.11 bits per heavy atom. The number of alkyl halides is 1. The number of nitrogens with zero attached hydrogens (tertiary/aromatic N) is 6. The van der Waals surface area contributed by atoms with Crippen molar-refractivity contribution in [3.05, 3.63) is 48.4 Å². The summed E-state index contributed by atoms with van der Waals surface area (Å²) >= 11 is 0. The summed E-state index contributed by atoms with van der Waals surface area (Å²) in [6.45, 7) is 0.817. The maximum atomic E-state index is 13.5. The number of pyridine rings is 2. The average Bonchev–Trinajstić information content (AvgIpc) is 3.15. The molecule has 0 saturated carbocycles. The zero-order valence-corrected chi connectivity index (χ0v) is 14.9. The van der Waals surface area contributed by atoms with Gasteiger partial charge < -0.3 is 16.0 Å². The molecule has 4 rings (SSSR count). The normalized spacial score (nSPS) is 16.0. The Morgan fingerprint density at radius 3 is 2.82 bits per heavy atom. The summed E-state index contributed by atoms with van der Waals surface area (Å²) in [6, 6.07) is 9.05. The van der Waals surface area contributed by atoms with Crippen molar-refractivity contribution in [3.63, 3.8) is 0 Å². The van der Waals surface area contributed by atoms with Crippen LogP contribution in [0, 0.1) is 11.3 Å². The van der Waals surface area contributed by atoms with Gasteiger partial charge in [-0.3, -0.25) is 0 Å². The summed E-state index contributed by atoms with van der Waals surface area (Å²) in [5, 5.41) is 12.6. The van der Waals surface area contributed by atoms with Gasteiger partial charge in [-0.25, -0.2) is 24.3 Å². The minimum absolute atomic E-state index is 0.262. The first-order valence-corrected chi connectivity index (χ1v) is 8.73. The second-order valence-corrected chi connectivity index (χ2v) is 6.40. The SMILES string of the molecule is N#Cc1cc(-c2ccnc(Nc3ccc(N)nc3)n2)cnc1N1CCC(F)C1. The number of anilines is 4. The Hall–Kier alpha value is -3.80. The first kappa shape index (κ1) is 17.6. The Bertz CT molecular complexity index is 1030. The minimum Gasteiger partial charge on any atom is -0.384 e. The molecule has 0 spiro atoms. The molecule has 0 amide bonds. The van der Waals surface area contributed by atoms with Crippen LogP contribution in [0.1, 0.15) is 12.0 Å². The number of nitrogens with two attached hydrogens (primary N) is 1. The van der Waals surface area contributed by atoms with E-state index in [9.17, 15) is 9.65 Å². The molecule has 3 aromatic heterocycles. The van der Waals surface area contributed by atoms with E-state index in [0.29, 0.717) is 53.1 Å². The van der Waals surface area contributed by atoms with E-state index >= 15 is 0 Å². The van der Waals surface area contributed by atoms with Crippen LogP contribution in [0.2, 0.25) is 0 Å². The molecule has 9 heteroatoms. The van der Waals surface area contributed by atoms with Crippen molar-refractivity contribution < 1.29 is 4.39 Å². The highest BCUT2D eigenvalue weighted by atomic mass is 19.1. The third-order valence-electron chi connectivity index (χ3n) is 4.41. The van der Waals surface area contributed by atoms with Crippen LogP contribution < -0.4 is 16.0 Å². The van der Waals surface area contributed by atoms with Crippen LogP contribution in [0.4, 0.5) is 27.7 Å². The van der Waals surface area contributed by atoms with Crippen molar-refractivity contribution in [2.24, 2.45) is 0 Å². The van der Waals surface area contributed by atoms with Crippen molar-refractivity contribution in [2.75, 3.05) is 29.0 Å². The summed E-state index contributed by atoms with van der Waals surface area (Å²) < 4.78 is 13.5. The standard InChI is InChI=1S/C19H17FN8/c20-14-4-6-28(11-14)18-12(8-21)7-13(9-25-18)16-3-5-23-19(27-16)26-15-1-2-17(22)24-10-15/h1-3,5,7,9-10,14H,4,6,11H2,(H2,22,24)(H,23,26,27). The van der Waals surface area contributed by atoms with Crippen LogP contribution >= 0.6 is 0 Å². The Labute approximate surface area is 160 Å². The maximum absolute atomic E-state index is 13.5. The predicted octanol–water partition coefficient (Wildman–Crippen LogP) is 2.68. The molecule has 4 heterocycles. The highest BCUT2D eigenvalue weighted by Crippen LogP contribution is 2.27. The zero-order chi connectivity index (χ0) is 19.5. The highest BCUT2D eigenvalue weighted by Gasteiger charge is 2.25. The second-order valence-electron chi connectivity index (χ2n) is 6.40. The van der Waals surface area contributed by atoms with Crippen molar-refractivity contribution in [1.29, 1.82) is 5.26 Å². The van der Waals surface area contributed by atoms with E-state index in [4.69, 9.17) is 5.73 Å². The smallest absolute Gasteiger partial charge is 0.227 e. The molecule has 140 valence electrons. The number of nitrogen functional groups attached to an aromatic ring is 1. The zero-order valence-electron chi connectivity index (χ0n) is 14.9. The molecule has 8 nitrogen and oxygen atoms in total. The lowest BCUT2D eigenvalue weighted by Gasteiger charge is -2.18. The fourth-order valence-electron chi connectivity index (χ4n) is 3.03. The van der Waals surface area contributed by atoms with Crippen LogP contribution in [0.3, 0.4) is 0 Å². The van der Waals surface area contributed by atoms with E-state index in [1.165, 1.54) is 0 Å². The summed E-state index contributed by atoms with van der Waals surface area (Å²) in [4.78, 5) is 18.9. The molecule has 0 aromatic carbocycles. The first-order valence-electron chi connectivity index (χ1n) is 8.73. The van der Waals surface area contributed by atoms with Crippen LogP contribution in [0.5, 0.6) is 0 Å². The number of halogens is 1. The molecular formula is C19H17FN8. The van der Waals surface area contributed by atoms with Gasteiger partial charge in [-0.2, -0.15) is 5.26 Å². The van der Waals surface area contributed by atoms with Crippen molar-refractivity contribution in [2.45, 2.75) is 12.6 Å². The molecule has 0 bridgehead atoms. The van der Waals surface area contributed by atoms with Crippen molar-refractivity contribution in [3.8, 4) is 17.3 Å². The number of hydrogen-bond donors (Lipinski definition) is 2. The fraction of sp³-hybridized carbons (Fsp3) is 0.211. The molecule has 1 unspecified atom stereocenters. The monoisotopic (exact) mass is 376 g/mol. The summed E-state index contributed by atoms with van der Waals surface area (Å²) in [7, 11) is 0. The molecule has 0 aliphatic carbocycles. The van der Waals surface area contributed by atoms with Gasteiger partial charge in [0.1, 0.15) is 23.9 Å². The molecular weight excluding hydrogens is 359 g/mol. The van der Waals surface area contributed by atoms with E-state index in [2.05, 4.69) is 31.3 Å².